The van der Waals surface area contributed by atoms with Crippen molar-refractivity contribution in [1.29, 1.82) is 0 Å². The molecule has 156 valence electrons. The van der Waals surface area contributed by atoms with Gasteiger partial charge in [-0.25, -0.2) is 8.42 Å². The van der Waals surface area contributed by atoms with Crippen LogP contribution in [0.25, 0.3) is 0 Å². The first-order chi connectivity index (χ1) is 13.9. The number of carbonyl (C=O) groups excluding carboxylic acids is 1. The smallest absolute Gasteiger partial charge is 0.243 e. The molecule has 1 heterocycles. The summed E-state index contributed by atoms with van der Waals surface area (Å²) in [5.41, 5.74) is 1.26. The maximum absolute atomic E-state index is 12.8. The zero-order valence-electron chi connectivity index (χ0n) is 16.4. The number of hydrogen-bond acceptors (Lipinski definition) is 5. The molecule has 3 rings (SSSR count). The zero-order chi connectivity index (χ0) is 20.9. The molecule has 0 aromatic heterocycles. The van der Waals surface area contributed by atoms with E-state index in [0.717, 1.165) is 25.7 Å². The number of nitrogens with zero attached hydrogens (tertiary/aromatic N) is 1. The molecule has 1 N–H and O–H groups in total. The number of hydrogen-bond donors (Lipinski definition) is 1. The van der Waals surface area contributed by atoms with Crippen LogP contribution in [0, 0.1) is 0 Å². The van der Waals surface area contributed by atoms with Crippen molar-refractivity contribution in [2.45, 2.75) is 30.6 Å². The lowest BCUT2D eigenvalue weighted by atomic mass is 10.1. The molecule has 0 atom stereocenters. The van der Waals surface area contributed by atoms with Gasteiger partial charge in [0.15, 0.2) is 5.78 Å². The summed E-state index contributed by atoms with van der Waals surface area (Å²) in [7, 11) is -1.90. The summed E-state index contributed by atoms with van der Waals surface area (Å²) in [5, 5.41) is 3.05. The first kappa shape index (κ1) is 21.8. The number of ether oxygens (including phenoxy) is 1. The third-order valence-corrected chi connectivity index (χ3v) is 7.52. The summed E-state index contributed by atoms with van der Waals surface area (Å²) < 4.78 is 33.1. The van der Waals surface area contributed by atoms with Gasteiger partial charge in [-0.3, -0.25) is 4.79 Å². The van der Waals surface area contributed by atoms with Gasteiger partial charge < -0.3 is 10.1 Å². The van der Waals surface area contributed by atoms with Crippen LogP contribution in [-0.4, -0.2) is 45.3 Å². The second-order valence-electron chi connectivity index (χ2n) is 6.97. The quantitative estimate of drug-likeness (QED) is 0.597. The van der Waals surface area contributed by atoms with E-state index in [0.29, 0.717) is 34.6 Å². The third-order valence-electron chi connectivity index (χ3n) is 4.98. The molecule has 1 fully saturated rings. The number of rotatable bonds is 7. The summed E-state index contributed by atoms with van der Waals surface area (Å²) >= 11 is 3.38. The van der Waals surface area contributed by atoms with Gasteiger partial charge in [-0.1, -0.05) is 12.8 Å². The molecule has 0 unspecified atom stereocenters. The molecule has 2 aromatic rings. The predicted molar refractivity (Wildman–Crippen MR) is 117 cm³/mol. The maximum Gasteiger partial charge on any atom is 0.243 e. The number of Topliss-reactive ketones (excluding diaryl/α,β-unsaturated/α-hetero) is 1. The molecule has 8 heteroatoms. The molecule has 1 saturated heterocycles. The van der Waals surface area contributed by atoms with E-state index < -0.39 is 10.0 Å². The average Bonchev–Trinajstić information content (AvgIpc) is 3.02. The second-order valence-corrected chi connectivity index (χ2v) is 9.76. The first-order valence-electron chi connectivity index (χ1n) is 9.62. The molecule has 0 bridgehead atoms. The van der Waals surface area contributed by atoms with Crippen molar-refractivity contribution in [1.82, 2.24) is 4.31 Å². The summed E-state index contributed by atoms with van der Waals surface area (Å²) in [5.74, 6) is 0.588. The van der Waals surface area contributed by atoms with E-state index in [-0.39, 0.29) is 17.2 Å². The maximum atomic E-state index is 12.8. The van der Waals surface area contributed by atoms with Crippen LogP contribution in [0.5, 0.6) is 5.75 Å². The highest BCUT2D eigenvalue weighted by molar-refractivity contribution is 9.10. The van der Waals surface area contributed by atoms with Gasteiger partial charge in [0.25, 0.3) is 0 Å². The van der Waals surface area contributed by atoms with Gasteiger partial charge in [-0.2, -0.15) is 4.31 Å². The molecule has 0 amide bonds. The molecule has 29 heavy (non-hydrogen) atoms. The van der Waals surface area contributed by atoms with Crippen LogP contribution in [-0.2, 0) is 10.0 Å². The molecule has 0 radical (unpaired) electrons. The fourth-order valence-corrected chi connectivity index (χ4v) is 5.36. The Bertz CT molecular complexity index is 953. The Kier molecular flexibility index (Phi) is 7.32. The van der Waals surface area contributed by atoms with Gasteiger partial charge in [0, 0.05) is 24.3 Å². The number of nitrogens with one attached hydrogen (secondary N) is 1. The third kappa shape index (κ3) is 5.38. The Balaban J connectivity index is 1.63. The predicted octanol–water partition coefficient (Wildman–Crippen LogP) is 4.32. The van der Waals surface area contributed by atoms with Gasteiger partial charge in [0.1, 0.15) is 5.75 Å². The monoisotopic (exact) mass is 480 g/mol. The molecule has 0 saturated carbocycles. The minimum absolute atomic E-state index is 0.0744. The van der Waals surface area contributed by atoms with E-state index in [9.17, 15) is 13.2 Å². The first-order valence-corrected chi connectivity index (χ1v) is 11.9. The number of sulfonamides is 1. The highest BCUT2D eigenvalue weighted by Crippen LogP contribution is 2.26. The normalized spacial score (nSPS) is 15.5. The Hall–Kier alpha value is -1.90. The van der Waals surface area contributed by atoms with E-state index in [2.05, 4.69) is 21.2 Å². The van der Waals surface area contributed by atoms with Crippen LogP contribution in [0.3, 0.4) is 0 Å². The number of benzene rings is 2. The summed E-state index contributed by atoms with van der Waals surface area (Å²) in [6, 6.07) is 11.8. The lowest BCUT2D eigenvalue weighted by molar-refractivity contribution is 0.101. The fraction of sp³-hybridized carbons (Fsp3) is 0.381. The molecule has 0 spiro atoms. The molecule has 1 aliphatic heterocycles. The van der Waals surface area contributed by atoms with Crippen molar-refractivity contribution in [2.24, 2.45) is 0 Å². The Morgan fingerprint density at radius 1 is 1.07 bits per heavy atom. The van der Waals surface area contributed by atoms with E-state index in [1.165, 1.54) is 0 Å². The van der Waals surface area contributed by atoms with Crippen LogP contribution >= 0.6 is 15.9 Å². The van der Waals surface area contributed by atoms with Gasteiger partial charge >= 0.3 is 0 Å². The molecule has 6 nitrogen and oxygen atoms in total. The van der Waals surface area contributed by atoms with Crippen LogP contribution in [0.1, 0.15) is 36.0 Å². The van der Waals surface area contributed by atoms with Crippen molar-refractivity contribution in [2.75, 3.05) is 32.1 Å². The van der Waals surface area contributed by atoms with Gasteiger partial charge in [0.2, 0.25) is 10.0 Å². The van der Waals surface area contributed by atoms with Crippen molar-refractivity contribution in [3.63, 3.8) is 0 Å². The molecule has 0 aliphatic carbocycles. The van der Waals surface area contributed by atoms with E-state index in [1.807, 2.05) is 0 Å². The van der Waals surface area contributed by atoms with Crippen LogP contribution < -0.4 is 10.1 Å². The summed E-state index contributed by atoms with van der Waals surface area (Å²) in [6.45, 7) is 1.26. The molecule has 2 aromatic carbocycles. The van der Waals surface area contributed by atoms with Gasteiger partial charge in [-0.15, -0.1) is 0 Å². The van der Waals surface area contributed by atoms with E-state index in [4.69, 9.17) is 4.74 Å². The van der Waals surface area contributed by atoms with Crippen LogP contribution in [0.2, 0.25) is 0 Å². The molecule has 1 aliphatic rings. The van der Waals surface area contributed by atoms with Crippen molar-refractivity contribution in [3.8, 4) is 5.75 Å². The minimum Gasteiger partial charge on any atom is -0.496 e. The van der Waals surface area contributed by atoms with Crippen molar-refractivity contribution in [3.05, 3.63) is 52.5 Å². The SMILES string of the molecule is COc1ccc(C(=O)CNc2ccc(S(=O)(=O)N3CCCCCC3)cc2)cc1Br. The Morgan fingerprint density at radius 3 is 2.31 bits per heavy atom. The molecular formula is C21H25BrN2O4S. The largest absolute Gasteiger partial charge is 0.496 e. The van der Waals surface area contributed by atoms with Crippen molar-refractivity contribution < 1.29 is 17.9 Å². The number of methoxy groups -OCH3 is 1. The number of anilines is 1. The average molecular weight is 481 g/mol. The van der Waals surface area contributed by atoms with Gasteiger partial charge in [0.05, 0.1) is 23.0 Å². The van der Waals surface area contributed by atoms with Crippen molar-refractivity contribution >= 4 is 37.4 Å². The van der Waals surface area contributed by atoms with Crippen LogP contribution in [0.15, 0.2) is 51.8 Å². The summed E-state index contributed by atoms with van der Waals surface area (Å²) in [6.07, 6.45) is 3.96. The standard InChI is InChI=1S/C21H25BrN2O4S/c1-28-21-11-6-16(14-19(21)22)20(25)15-23-17-7-9-18(10-8-17)29(26,27)24-12-4-2-3-5-13-24/h6-11,14,23H,2-5,12-13,15H2,1H3. The summed E-state index contributed by atoms with van der Waals surface area (Å²) in [4.78, 5) is 12.7. The zero-order valence-corrected chi connectivity index (χ0v) is 18.8. The van der Waals surface area contributed by atoms with E-state index >= 15 is 0 Å². The van der Waals surface area contributed by atoms with E-state index in [1.54, 1.807) is 53.9 Å². The topological polar surface area (TPSA) is 75.7 Å². The highest BCUT2D eigenvalue weighted by atomic mass is 79.9. The number of ketones is 1. The van der Waals surface area contributed by atoms with Crippen LogP contribution in [0.4, 0.5) is 5.69 Å². The Labute approximate surface area is 180 Å². The fourth-order valence-electron chi connectivity index (χ4n) is 3.30. The number of halogens is 1. The highest BCUT2D eigenvalue weighted by Gasteiger charge is 2.24. The lowest BCUT2D eigenvalue weighted by Crippen LogP contribution is -2.31. The Morgan fingerprint density at radius 2 is 1.72 bits per heavy atom. The minimum atomic E-state index is -3.47. The second kappa shape index (κ2) is 9.73. The lowest BCUT2D eigenvalue weighted by Gasteiger charge is -2.20. The number of carbonyl (C=O) groups is 1. The van der Waals surface area contributed by atoms with Gasteiger partial charge in [-0.05, 0) is 71.2 Å². The molecular weight excluding hydrogens is 456 g/mol.